The summed E-state index contributed by atoms with van der Waals surface area (Å²) in [5, 5.41) is 0. The van der Waals surface area contributed by atoms with Crippen molar-refractivity contribution in [2.45, 2.75) is 39.5 Å². The number of piperazine rings is 1. The Morgan fingerprint density at radius 3 is 2.52 bits per heavy atom. The molecule has 0 aromatic carbocycles. The largest absolute Gasteiger partial charge is 0.369 e. The number of aryl methyl sites for hydroxylation is 2. The maximum atomic E-state index is 13.0. The van der Waals surface area contributed by atoms with Gasteiger partial charge in [0.1, 0.15) is 5.52 Å². The van der Waals surface area contributed by atoms with Crippen LogP contribution in [0.4, 0.5) is 5.69 Å². The highest BCUT2D eigenvalue weighted by Crippen LogP contribution is 2.26. The predicted octanol–water partition coefficient (Wildman–Crippen LogP) is 2.14. The smallest absolute Gasteiger partial charge is 0.227 e. The first kappa shape index (κ1) is 20.0. The van der Waals surface area contributed by atoms with Crippen molar-refractivity contribution >= 4 is 22.8 Å². The average molecular weight is 397 g/mol. The molecule has 0 bridgehead atoms. The highest BCUT2D eigenvalue weighted by atomic mass is 16.2. The van der Waals surface area contributed by atoms with Crippen molar-refractivity contribution < 1.29 is 4.79 Å². The number of carbonyl (C=O) groups excluding carboxylic acids is 1. The zero-order chi connectivity index (χ0) is 20.4. The van der Waals surface area contributed by atoms with E-state index >= 15 is 0 Å². The van der Waals surface area contributed by atoms with Crippen molar-refractivity contribution in [3.8, 4) is 0 Å². The number of anilines is 1. The van der Waals surface area contributed by atoms with Crippen LogP contribution in [0.15, 0.2) is 12.3 Å². The molecule has 2 saturated heterocycles. The van der Waals surface area contributed by atoms with Crippen LogP contribution in [0, 0.1) is 5.92 Å². The summed E-state index contributed by atoms with van der Waals surface area (Å²) >= 11 is 0. The average Bonchev–Trinajstić information content (AvgIpc) is 2.77. The number of hydrogen-bond acceptors (Lipinski definition) is 6. The quantitative estimate of drug-likeness (QED) is 0.789. The fraction of sp³-hybridized carbons (Fsp3) is 0.636. The monoisotopic (exact) mass is 396 g/mol. The van der Waals surface area contributed by atoms with Gasteiger partial charge in [-0.2, -0.15) is 0 Å². The molecule has 2 aromatic heterocycles. The minimum Gasteiger partial charge on any atom is -0.369 e. The van der Waals surface area contributed by atoms with Gasteiger partial charge >= 0.3 is 0 Å². The normalized spacial score (nSPS) is 21.0. The van der Waals surface area contributed by atoms with Gasteiger partial charge in [0.05, 0.1) is 29.2 Å². The van der Waals surface area contributed by atoms with E-state index in [0.29, 0.717) is 11.6 Å². The van der Waals surface area contributed by atoms with Crippen molar-refractivity contribution in [2.75, 3.05) is 51.2 Å². The number of nitrogens with zero attached hydrogens (tertiary/aromatic N) is 6. The molecule has 2 aromatic rings. The van der Waals surface area contributed by atoms with Gasteiger partial charge in [-0.1, -0.05) is 13.8 Å². The summed E-state index contributed by atoms with van der Waals surface area (Å²) in [4.78, 5) is 33.8. The maximum absolute atomic E-state index is 13.0. The highest BCUT2D eigenvalue weighted by Gasteiger charge is 2.31. The summed E-state index contributed by atoms with van der Waals surface area (Å²) < 4.78 is 0. The summed E-state index contributed by atoms with van der Waals surface area (Å²) in [5.41, 5.74) is 4.71. The van der Waals surface area contributed by atoms with E-state index in [1.54, 1.807) is 0 Å². The van der Waals surface area contributed by atoms with E-state index in [0.717, 1.165) is 87.5 Å². The molecule has 0 aliphatic carbocycles. The third kappa shape index (κ3) is 4.20. The molecular weight excluding hydrogens is 364 g/mol. The molecule has 0 unspecified atom stereocenters. The van der Waals surface area contributed by atoms with Crippen molar-refractivity contribution in [3.63, 3.8) is 0 Å². The van der Waals surface area contributed by atoms with Crippen LogP contribution in [0.3, 0.4) is 0 Å². The fourth-order valence-corrected chi connectivity index (χ4v) is 4.44. The van der Waals surface area contributed by atoms with Gasteiger partial charge in [0.15, 0.2) is 5.65 Å². The Balaban J connectivity index is 1.51. The molecule has 1 atom stereocenters. The zero-order valence-electron chi connectivity index (χ0n) is 17.9. The zero-order valence-corrected chi connectivity index (χ0v) is 17.9. The topological polar surface area (TPSA) is 65.5 Å². The van der Waals surface area contributed by atoms with E-state index < -0.39 is 0 Å². The van der Waals surface area contributed by atoms with Crippen LogP contribution in [0.1, 0.15) is 38.1 Å². The molecule has 2 aliphatic rings. The number of fused-ring (bicyclic) bond motifs is 1. The third-order valence-corrected chi connectivity index (χ3v) is 6.28. The van der Waals surface area contributed by atoms with Gasteiger partial charge in [-0.25, -0.2) is 15.0 Å². The molecule has 2 aliphatic heterocycles. The van der Waals surface area contributed by atoms with Gasteiger partial charge in [0.25, 0.3) is 0 Å². The van der Waals surface area contributed by atoms with Crippen LogP contribution >= 0.6 is 0 Å². The number of hydrogen-bond donors (Lipinski definition) is 0. The predicted molar refractivity (Wildman–Crippen MR) is 115 cm³/mol. The molecule has 7 heteroatoms. The standard InChI is InChI=1S/C22H32N6O/c1-4-18-19(5-2)25-21-20(24-18)13-17(14-23-21)28-8-6-7-16(15-28)22(29)27-11-9-26(3)10-12-27/h13-14,16H,4-12,15H2,1-3H3/t16-/m1/s1. The molecular formula is C22H32N6O. The van der Waals surface area contributed by atoms with E-state index in [1.165, 1.54) is 0 Å². The van der Waals surface area contributed by atoms with Gasteiger partial charge in [0.2, 0.25) is 5.91 Å². The first-order valence-electron chi connectivity index (χ1n) is 11.0. The molecule has 156 valence electrons. The molecule has 4 rings (SSSR count). The van der Waals surface area contributed by atoms with Crippen LogP contribution in [-0.2, 0) is 17.6 Å². The van der Waals surface area contributed by atoms with E-state index in [-0.39, 0.29) is 5.92 Å². The summed E-state index contributed by atoms with van der Waals surface area (Å²) in [7, 11) is 2.12. The summed E-state index contributed by atoms with van der Waals surface area (Å²) in [6.45, 7) is 9.57. The second kappa shape index (κ2) is 8.61. The van der Waals surface area contributed by atoms with E-state index in [4.69, 9.17) is 9.97 Å². The number of carbonyl (C=O) groups is 1. The number of aromatic nitrogens is 3. The van der Waals surface area contributed by atoms with Crippen LogP contribution in [0.5, 0.6) is 0 Å². The van der Waals surface area contributed by atoms with Crippen LogP contribution in [0.25, 0.3) is 11.2 Å². The molecule has 0 N–H and O–H groups in total. The van der Waals surface area contributed by atoms with Gasteiger partial charge in [-0.15, -0.1) is 0 Å². The minimum absolute atomic E-state index is 0.0719. The van der Waals surface area contributed by atoms with E-state index in [9.17, 15) is 4.79 Å². The van der Waals surface area contributed by atoms with Crippen molar-refractivity contribution in [2.24, 2.45) is 5.92 Å². The van der Waals surface area contributed by atoms with Crippen LogP contribution < -0.4 is 4.90 Å². The minimum atomic E-state index is 0.0719. The molecule has 29 heavy (non-hydrogen) atoms. The van der Waals surface area contributed by atoms with E-state index in [2.05, 4.69) is 46.6 Å². The first-order valence-corrected chi connectivity index (χ1v) is 11.0. The van der Waals surface area contributed by atoms with Crippen LogP contribution in [-0.4, -0.2) is 77.0 Å². The lowest BCUT2D eigenvalue weighted by atomic mass is 9.95. The Morgan fingerprint density at radius 1 is 1.07 bits per heavy atom. The Kier molecular flexibility index (Phi) is 5.94. The molecule has 2 fully saturated rings. The summed E-state index contributed by atoms with van der Waals surface area (Å²) in [6, 6.07) is 2.09. The molecule has 1 amide bonds. The molecule has 0 spiro atoms. The number of piperidine rings is 1. The first-order chi connectivity index (χ1) is 14.1. The molecule has 7 nitrogen and oxygen atoms in total. The second-order valence-electron chi connectivity index (χ2n) is 8.27. The van der Waals surface area contributed by atoms with Gasteiger partial charge in [-0.3, -0.25) is 4.79 Å². The SMILES string of the molecule is CCc1nc2cc(N3CCC[C@@H](C(=O)N4CCN(C)CC4)C3)cnc2nc1CC. The van der Waals surface area contributed by atoms with Crippen molar-refractivity contribution in [1.29, 1.82) is 0 Å². The lowest BCUT2D eigenvalue weighted by Gasteiger charge is -2.38. The maximum Gasteiger partial charge on any atom is 0.227 e. The molecule has 0 radical (unpaired) electrons. The van der Waals surface area contributed by atoms with Gasteiger partial charge < -0.3 is 14.7 Å². The summed E-state index contributed by atoms with van der Waals surface area (Å²) in [6.07, 6.45) is 5.65. The number of rotatable bonds is 4. The third-order valence-electron chi connectivity index (χ3n) is 6.28. The number of likely N-dealkylation sites (N-methyl/N-ethyl adjacent to an activating group) is 1. The van der Waals surface area contributed by atoms with E-state index in [1.807, 2.05) is 6.20 Å². The Hall–Kier alpha value is -2.28. The van der Waals surface area contributed by atoms with Crippen LogP contribution in [0.2, 0.25) is 0 Å². The lowest BCUT2D eigenvalue weighted by molar-refractivity contribution is -0.137. The molecule has 4 heterocycles. The summed E-state index contributed by atoms with van der Waals surface area (Å²) in [5.74, 6) is 0.389. The van der Waals surface area contributed by atoms with Crippen molar-refractivity contribution in [3.05, 3.63) is 23.7 Å². The Bertz CT molecular complexity index is 877. The van der Waals surface area contributed by atoms with Gasteiger partial charge in [0, 0.05) is 39.3 Å². The lowest BCUT2D eigenvalue weighted by Crippen LogP contribution is -2.51. The fourth-order valence-electron chi connectivity index (χ4n) is 4.44. The van der Waals surface area contributed by atoms with Crippen molar-refractivity contribution in [1.82, 2.24) is 24.8 Å². The highest BCUT2D eigenvalue weighted by molar-refractivity contribution is 5.80. The molecule has 0 saturated carbocycles. The number of pyridine rings is 1. The Labute approximate surface area is 173 Å². The van der Waals surface area contributed by atoms with Gasteiger partial charge in [-0.05, 0) is 38.8 Å². The second-order valence-corrected chi connectivity index (χ2v) is 8.27. The Morgan fingerprint density at radius 2 is 1.79 bits per heavy atom. The number of amides is 1.